The Hall–Kier alpha value is -2.62. The van der Waals surface area contributed by atoms with Crippen molar-refractivity contribution in [3.05, 3.63) is 36.4 Å². The highest BCUT2D eigenvalue weighted by atomic mass is 16.3. The van der Waals surface area contributed by atoms with E-state index in [0.29, 0.717) is 10.8 Å². The molecule has 0 fully saturated rings. The van der Waals surface area contributed by atoms with Gasteiger partial charge in [0.25, 0.3) is 0 Å². The Morgan fingerprint density at radius 3 is 1.94 bits per heavy atom. The van der Waals surface area contributed by atoms with Gasteiger partial charge in [0.1, 0.15) is 23.0 Å². The first-order valence-electron chi connectivity index (χ1n) is 5.38. The molecule has 0 unspecified atom stereocenters. The lowest BCUT2D eigenvalue weighted by molar-refractivity contribution is 0.447. The second kappa shape index (κ2) is 3.43. The van der Waals surface area contributed by atoms with E-state index in [-0.39, 0.29) is 33.8 Å². The third-order valence-electron chi connectivity index (χ3n) is 3.03. The lowest BCUT2D eigenvalue weighted by Gasteiger charge is -2.11. The van der Waals surface area contributed by atoms with E-state index in [2.05, 4.69) is 0 Å². The fourth-order valence-corrected chi connectivity index (χ4v) is 2.22. The molecule has 0 saturated heterocycles. The van der Waals surface area contributed by atoms with E-state index in [4.69, 9.17) is 0 Å². The zero-order chi connectivity index (χ0) is 12.9. The van der Waals surface area contributed by atoms with Gasteiger partial charge in [-0.25, -0.2) is 0 Å². The molecular formula is C14H10O4. The number of benzene rings is 3. The summed E-state index contributed by atoms with van der Waals surface area (Å²) in [6.07, 6.45) is 0. The lowest BCUT2D eigenvalue weighted by atomic mass is 10.00. The molecule has 0 bridgehead atoms. The first kappa shape index (κ1) is 10.5. The van der Waals surface area contributed by atoms with E-state index in [0.717, 1.165) is 6.07 Å². The maximum atomic E-state index is 10.2. The predicted molar refractivity (Wildman–Crippen MR) is 68.1 cm³/mol. The zero-order valence-electron chi connectivity index (χ0n) is 9.25. The average Bonchev–Trinajstić information content (AvgIpc) is 2.35. The van der Waals surface area contributed by atoms with Crippen LogP contribution in [0.4, 0.5) is 0 Å². The summed E-state index contributed by atoms with van der Waals surface area (Å²) >= 11 is 0. The molecule has 0 heterocycles. The van der Waals surface area contributed by atoms with Crippen LogP contribution in [0.3, 0.4) is 0 Å². The minimum Gasteiger partial charge on any atom is -0.508 e. The molecule has 0 radical (unpaired) electrons. The number of phenols is 4. The summed E-state index contributed by atoms with van der Waals surface area (Å²) in [4.78, 5) is 0. The molecule has 0 spiro atoms. The molecule has 3 aromatic carbocycles. The van der Waals surface area contributed by atoms with E-state index in [1.165, 1.54) is 6.07 Å². The van der Waals surface area contributed by atoms with Crippen molar-refractivity contribution in [2.45, 2.75) is 0 Å². The Balaban J connectivity index is 2.67. The van der Waals surface area contributed by atoms with Crippen molar-refractivity contribution in [3.63, 3.8) is 0 Å². The molecule has 90 valence electrons. The second-order valence-corrected chi connectivity index (χ2v) is 4.13. The second-order valence-electron chi connectivity index (χ2n) is 4.13. The number of aromatic hydroxyl groups is 4. The van der Waals surface area contributed by atoms with Crippen molar-refractivity contribution in [1.29, 1.82) is 0 Å². The SMILES string of the molecule is Oc1cc(O)c2c(O)c3ccccc3c(O)c2c1. The van der Waals surface area contributed by atoms with Crippen molar-refractivity contribution >= 4 is 21.5 Å². The van der Waals surface area contributed by atoms with Gasteiger partial charge in [0.15, 0.2) is 0 Å². The van der Waals surface area contributed by atoms with Gasteiger partial charge in [0.2, 0.25) is 0 Å². The lowest BCUT2D eigenvalue weighted by Crippen LogP contribution is -1.82. The fourth-order valence-electron chi connectivity index (χ4n) is 2.22. The normalized spacial score (nSPS) is 11.1. The predicted octanol–water partition coefficient (Wildman–Crippen LogP) is 2.82. The van der Waals surface area contributed by atoms with E-state index < -0.39 is 0 Å². The first-order valence-corrected chi connectivity index (χ1v) is 5.38. The summed E-state index contributed by atoms with van der Waals surface area (Å²) in [6.45, 7) is 0. The molecule has 18 heavy (non-hydrogen) atoms. The van der Waals surface area contributed by atoms with Gasteiger partial charge in [-0.1, -0.05) is 24.3 Å². The van der Waals surface area contributed by atoms with Gasteiger partial charge in [0.05, 0.1) is 5.39 Å². The molecule has 0 amide bonds. The number of phenolic OH excluding ortho intramolecular Hbond substituents is 4. The van der Waals surface area contributed by atoms with Crippen LogP contribution in [0.25, 0.3) is 21.5 Å². The molecule has 3 rings (SSSR count). The van der Waals surface area contributed by atoms with E-state index in [1.54, 1.807) is 24.3 Å². The third-order valence-corrected chi connectivity index (χ3v) is 3.03. The van der Waals surface area contributed by atoms with Crippen LogP contribution in [0.15, 0.2) is 36.4 Å². The maximum absolute atomic E-state index is 10.2. The largest absolute Gasteiger partial charge is 0.508 e. The van der Waals surface area contributed by atoms with Crippen LogP contribution in [-0.2, 0) is 0 Å². The van der Waals surface area contributed by atoms with Crippen LogP contribution in [0.1, 0.15) is 0 Å². The quantitative estimate of drug-likeness (QED) is 0.361. The molecular weight excluding hydrogens is 232 g/mol. The zero-order valence-corrected chi connectivity index (χ0v) is 9.25. The molecule has 4 heteroatoms. The van der Waals surface area contributed by atoms with E-state index in [1.807, 2.05) is 0 Å². The molecule has 0 aliphatic carbocycles. The summed E-state index contributed by atoms with van der Waals surface area (Å²) in [5.74, 6) is -0.644. The number of hydrogen-bond donors (Lipinski definition) is 4. The Labute approximate surface area is 102 Å². The Bertz CT molecular complexity index is 778. The first-order chi connectivity index (χ1) is 8.59. The number of fused-ring (bicyclic) bond motifs is 2. The third kappa shape index (κ3) is 1.26. The summed E-state index contributed by atoms with van der Waals surface area (Å²) in [5, 5.41) is 40.8. The van der Waals surface area contributed by atoms with Gasteiger partial charge in [-0.15, -0.1) is 0 Å². The monoisotopic (exact) mass is 242 g/mol. The van der Waals surface area contributed by atoms with Crippen LogP contribution in [0.5, 0.6) is 23.0 Å². The van der Waals surface area contributed by atoms with E-state index >= 15 is 0 Å². The van der Waals surface area contributed by atoms with Crippen molar-refractivity contribution in [2.24, 2.45) is 0 Å². The van der Waals surface area contributed by atoms with Crippen LogP contribution in [0, 0.1) is 0 Å². The van der Waals surface area contributed by atoms with Crippen LogP contribution in [0.2, 0.25) is 0 Å². The molecule has 0 aliphatic heterocycles. The Kier molecular flexibility index (Phi) is 2.01. The van der Waals surface area contributed by atoms with Crippen LogP contribution < -0.4 is 0 Å². The Morgan fingerprint density at radius 1 is 0.667 bits per heavy atom. The minimum absolute atomic E-state index is 0.0791. The van der Waals surface area contributed by atoms with E-state index in [9.17, 15) is 20.4 Å². The average molecular weight is 242 g/mol. The van der Waals surface area contributed by atoms with Crippen molar-refractivity contribution in [2.75, 3.05) is 0 Å². The standard InChI is InChI=1S/C14H10O4/c15-7-5-10-12(11(16)6-7)14(18)9-4-2-1-3-8(9)13(10)17/h1-6,15-18H. The van der Waals surface area contributed by atoms with Gasteiger partial charge < -0.3 is 20.4 Å². The highest BCUT2D eigenvalue weighted by Crippen LogP contribution is 2.46. The van der Waals surface area contributed by atoms with Gasteiger partial charge in [-0.2, -0.15) is 0 Å². The summed E-state index contributed by atoms with van der Waals surface area (Å²) in [6, 6.07) is 9.19. The van der Waals surface area contributed by atoms with Crippen LogP contribution in [-0.4, -0.2) is 20.4 Å². The van der Waals surface area contributed by atoms with Crippen LogP contribution >= 0.6 is 0 Å². The van der Waals surface area contributed by atoms with Gasteiger partial charge >= 0.3 is 0 Å². The highest BCUT2D eigenvalue weighted by molar-refractivity contribution is 6.12. The van der Waals surface area contributed by atoms with Gasteiger partial charge in [-0.3, -0.25) is 0 Å². The molecule has 3 aromatic rings. The summed E-state index contributed by atoms with van der Waals surface area (Å²) in [7, 11) is 0. The number of rotatable bonds is 0. The fraction of sp³-hybridized carbons (Fsp3) is 0. The summed E-state index contributed by atoms with van der Waals surface area (Å²) in [5.41, 5.74) is 0. The smallest absolute Gasteiger partial charge is 0.135 e. The number of hydrogen-bond acceptors (Lipinski definition) is 4. The molecule has 4 N–H and O–H groups in total. The molecule has 0 saturated carbocycles. The summed E-state index contributed by atoms with van der Waals surface area (Å²) < 4.78 is 0. The maximum Gasteiger partial charge on any atom is 0.135 e. The Morgan fingerprint density at radius 2 is 1.28 bits per heavy atom. The van der Waals surface area contributed by atoms with Crippen molar-refractivity contribution < 1.29 is 20.4 Å². The minimum atomic E-state index is -0.274. The van der Waals surface area contributed by atoms with Gasteiger partial charge in [-0.05, 0) is 6.07 Å². The topological polar surface area (TPSA) is 80.9 Å². The van der Waals surface area contributed by atoms with Gasteiger partial charge in [0, 0.05) is 22.2 Å². The highest BCUT2D eigenvalue weighted by Gasteiger charge is 2.16. The molecule has 0 aromatic heterocycles. The molecule has 4 nitrogen and oxygen atoms in total. The molecule has 0 aliphatic rings. The van der Waals surface area contributed by atoms with Crippen molar-refractivity contribution in [3.8, 4) is 23.0 Å². The molecule has 0 atom stereocenters. The van der Waals surface area contributed by atoms with Crippen molar-refractivity contribution in [1.82, 2.24) is 0 Å².